The lowest BCUT2D eigenvalue weighted by Crippen LogP contribution is -2.37. The van der Waals surface area contributed by atoms with Gasteiger partial charge < -0.3 is 14.7 Å². The Kier molecular flexibility index (Phi) is 5.10. The molecule has 1 aromatic heterocycles. The van der Waals surface area contributed by atoms with Crippen molar-refractivity contribution in [2.45, 2.75) is 38.8 Å². The van der Waals surface area contributed by atoms with Crippen molar-refractivity contribution in [3.8, 4) is 0 Å². The van der Waals surface area contributed by atoms with E-state index in [0.29, 0.717) is 37.3 Å². The number of nitrogens with one attached hydrogen (secondary N) is 1. The highest BCUT2D eigenvalue weighted by Crippen LogP contribution is 2.23. The molecule has 0 spiro atoms. The highest BCUT2D eigenvalue weighted by Gasteiger charge is 2.31. The fourth-order valence-electron chi connectivity index (χ4n) is 3.78. The number of likely N-dealkylation sites (tertiary alicyclic amines) is 1. The van der Waals surface area contributed by atoms with Crippen LogP contribution in [-0.2, 0) is 17.8 Å². The Balaban J connectivity index is 1.44. The second-order valence-corrected chi connectivity index (χ2v) is 7.20. The predicted molar refractivity (Wildman–Crippen MR) is 106 cm³/mol. The second kappa shape index (κ2) is 7.84. The topological polar surface area (TPSA) is 75.4 Å². The fourth-order valence-corrected chi connectivity index (χ4v) is 3.78. The van der Waals surface area contributed by atoms with E-state index in [1.54, 1.807) is 0 Å². The van der Waals surface area contributed by atoms with Crippen LogP contribution in [0.25, 0.3) is 10.8 Å². The van der Waals surface area contributed by atoms with Gasteiger partial charge in [-0.05, 0) is 22.8 Å². The normalized spacial score (nSPS) is 16.7. The molecule has 4 rings (SSSR count). The van der Waals surface area contributed by atoms with Crippen molar-refractivity contribution < 1.29 is 14.1 Å². The molecular weight excluding hydrogens is 354 g/mol. The zero-order chi connectivity index (χ0) is 19.5. The van der Waals surface area contributed by atoms with Gasteiger partial charge in [-0.15, -0.1) is 0 Å². The zero-order valence-electron chi connectivity index (χ0n) is 15.9. The molecule has 1 fully saturated rings. The van der Waals surface area contributed by atoms with Gasteiger partial charge in [-0.3, -0.25) is 9.59 Å². The molecule has 6 heteroatoms. The number of amides is 2. The van der Waals surface area contributed by atoms with Gasteiger partial charge in [0.05, 0.1) is 12.2 Å². The van der Waals surface area contributed by atoms with Crippen LogP contribution in [-0.4, -0.2) is 34.5 Å². The second-order valence-electron chi connectivity index (χ2n) is 7.20. The Morgan fingerprint density at radius 2 is 2.07 bits per heavy atom. The predicted octanol–water partition coefficient (Wildman–Crippen LogP) is 3.31. The molecule has 3 aromatic rings. The van der Waals surface area contributed by atoms with E-state index in [9.17, 15) is 9.59 Å². The van der Waals surface area contributed by atoms with Crippen LogP contribution in [0.1, 0.15) is 41.4 Å². The summed E-state index contributed by atoms with van der Waals surface area (Å²) in [7, 11) is 0. The molecule has 2 heterocycles. The average Bonchev–Trinajstić information content (AvgIpc) is 3.29. The summed E-state index contributed by atoms with van der Waals surface area (Å²) < 4.78 is 5.16. The number of hydrogen-bond acceptors (Lipinski definition) is 4. The van der Waals surface area contributed by atoms with Gasteiger partial charge in [0.1, 0.15) is 11.3 Å². The first-order valence-electron chi connectivity index (χ1n) is 9.64. The lowest BCUT2D eigenvalue weighted by molar-refractivity contribution is -0.128. The van der Waals surface area contributed by atoms with Gasteiger partial charge >= 0.3 is 0 Å². The monoisotopic (exact) mass is 377 g/mol. The molecule has 144 valence electrons. The molecular formula is C22H23N3O3. The van der Waals surface area contributed by atoms with Crippen molar-refractivity contribution in [3.63, 3.8) is 0 Å². The van der Waals surface area contributed by atoms with Crippen LogP contribution >= 0.6 is 0 Å². The minimum atomic E-state index is -0.227. The molecule has 2 aromatic carbocycles. The maximum Gasteiger partial charge on any atom is 0.256 e. The molecule has 1 saturated heterocycles. The Morgan fingerprint density at radius 3 is 2.93 bits per heavy atom. The van der Waals surface area contributed by atoms with E-state index >= 15 is 0 Å². The van der Waals surface area contributed by atoms with E-state index in [4.69, 9.17) is 4.52 Å². The summed E-state index contributed by atoms with van der Waals surface area (Å²) in [6, 6.07) is 14.1. The van der Waals surface area contributed by atoms with Gasteiger partial charge in [0.25, 0.3) is 5.91 Å². The summed E-state index contributed by atoms with van der Waals surface area (Å²) in [5, 5.41) is 9.01. The van der Waals surface area contributed by atoms with Gasteiger partial charge in [-0.2, -0.15) is 0 Å². The minimum Gasteiger partial charge on any atom is -0.361 e. The third-order valence-electron chi connectivity index (χ3n) is 5.16. The highest BCUT2D eigenvalue weighted by atomic mass is 16.5. The number of benzene rings is 2. The number of rotatable bonds is 6. The van der Waals surface area contributed by atoms with Crippen molar-refractivity contribution in [3.05, 3.63) is 65.5 Å². The van der Waals surface area contributed by atoms with E-state index in [0.717, 1.165) is 22.8 Å². The molecule has 1 N–H and O–H groups in total. The van der Waals surface area contributed by atoms with Crippen LogP contribution in [0, 0.1) is 0 Å². The minimum absolute atomic E-state index is 0.0531. The van der Waals surface area contributed by atoms with Gasteiger partial charge in [-0.1, -0.05) is 54.5 Å². The van der Waals surface area contributed by atoms with Crippen molar-refractivity contribution in [1.82, 2.24) is 15.4 Å². The first-order chi connectivity index (χ1) is 13.7. The SMILES string of the molecule is CCCc1oncc1C(=O)N[C@@H]1CC(=O)N(Cc2cccc3ccccc23)C1. The Hall–Kier alpha value is -3.15. The summed E-state index contributed by atoms with van der Waals surface area (Å²) >= 11 is 0. The van der Waals surface area contributed by atoms with Crippen LogP contribution in [0.3, 0.4) is 0 Å². The van der Waals surface area contributed by atoms with Gasteiger partial charge in [0, 0.05) is 25.9 Å². The third-order valence-corrected chi connectivity index (χ3v) is 5.16. The number of carbonyl (C=O) groups excluding carboxylic acids is 2. The highest BCUT2D eigenvalue weighted by molar-refractivity contribution is 5.95. The number of aryl methyl sites for hydroxylation is 1. The summed E-state index contributed by atoms with van der Waals surface area (Å²) in [6.07, 6.45) is 3.30. The Labute approximate surface area is 163 Å². The summed E-state index contributed by atoms with van der Waals surface area (Å²) in [6.45, 7) is 3.06. The molecule has 2 amide bonds. The van der Waals surface area contributed by atoms with Crippen LogP contribution in [0.4, 0.5) is 0 Å². The van der Waals surface area contributed by atoms with Gasteiger partial charge in [0.2, 0.25) is 5.91 Å². The van der Waals surface area contributed by atoms with Gasteiger partial charge in [-0.25, -0.2) is 0 Å². The van der Waals surface area contributed by atoms with E-state index in [2.05, 4.69) is 34.7 Å². The summed E-state index contributed by atoms with van der Waals surface area (Å²) in [4.78, 5) is 26.9. The smallest absolute Gasteiger partial charge is 0.256 e. The molecule has 0 bridgehead atoms. The first kappa shape index (κ1) is 18.2. The lowest BCUT2D eigenvalue weighted by Gasteiger charge is -2.18. The number of carbonyl (C=O) groups is 2. The molecule has 0 aliphatic carbocycles. The first-order valence-corrected chi connectivity index (χ1v) is 9.64. The van der Waals surface area contributed by atoms with E-state index in [1.807, 2.05) is 30.0 Å². The quantitative estimate of drug-likeness (QED) is 0.715. The number of nitrogens with zero attached hydrogens (tertiary/aromatic N) is 2. The van der Waals surface area contributed by atoms with E-state index in [-0.39, 0.29) is 17.9 Å². The molecule has 0 radical (unpaired) electrons. The van der Waals surface area contributed by atoms with Crippen molar-refractivity contribution in [2.24, 2.45) is 0 Å². The Morgan fingerprint density at radius 1 is 1.25 bits per heavy atom. The van der Waals surface area contributed by atoms with E-state index < -0.39 is 0 Å². The molecule has 28 heavy (non-hydrogen) atoms. The standard InChI is InChI=1S/C22H23N3O3/c1-2-6-20-19(12-23-28-20)22(27)24-17-11-21(26)25(14-17)13-16-9-5-8-15-7-3-4-10-18(15)16/h3-5,7-10,12,17H,2,6,11,13-14H2,1H3,(H,24,27)/t17-/m1/s1. The maximum atomic E-state index is 12.6. The van der Waals surface area contributed by atoms with Crippen molar-refractivity contribution in [2.75, 3.05) is 6.54 Å². The molecule has 1 atom stereocenters. The maximum absolute atomic E-state index is 12.6. The van der Waals surface area contributed by atoms with Crippen molar-refractivity contribution >= 4 is 22.6 Å². The average molecular weight is 377 g/mol. The number of fused-ring (bicyclic) bond motifs is 1. The van der Waals surface area contributed by atoms with Crippen LogP contribution in [0.2, 0.25) is 0 Å². The molecule has 0 unspecified atom stereocenters. The molecule has 1 aliphatic heterocycles. The van der Waals surface area contributed by atoms with Crippen LogP contribution in [0.5, 0.6) is 0 Å². The Bertz CT molecular complexity index is 1010. The third kappa shape index (κ3) is 3.63. The molecule has 6 nitrogen and oxygen atoms in total. The largest absolute Gasteiger partial charge is 0.361 e. The van der Waals surface area contributed by atoms with Crippen LogP contribution < -0.4 is 5.32 Å². The fraction of sp³-hybridized carbons (Fsp3) is 0.318. The summed E-state index contributed by atoms with van der Waals surface area (Å²) in [5.41, 5.74) is 1.57. The zero-order valence-corrected chi connectivity index (χ0v) is 15.9. The number of hydrogen-bond donors (Lipinski definition) is 1. The summed E-state index contributed by atoms with van der Waals surface area (Å²) in [5.74, 6) is 0.420. The van der Waals surface area contributed by atoms with E-state index in [1.165, 1.54) is 6.20 Å². The molecule has 0 saturated carbocycles. The van der Waals surface area contributed by atoms with Gasteiger partial charge in [0.15, 0.2) is 0 Å². The lowest BCUT2D eigenvalue weighted by atomic mass is 10.0. The van der Waals surface area contributed by atoms with Crippen LogP contribution in [0.15, 0.2) is 53.2 Å². The number of aromatic nitrogens is 1. The molecule has 1 aliphatic rings. The van der Waals surface area contributed by atoms with Crippen molar-refractivity contribution in [1.29, 1.82) is 0 Å².